The van der Waals surface area contributed by atoms with Crippen LogP contribution in [0.15, 0.2) is 24.5 Å². The van der Waals surface area contributed by atoms with E-state index in [1.165, 1.54) is 5.69 Å². The average Bonchev–Trinajstić information content (AvgIpc) is 2.44. The van der Waals surface area contributed by atoms with E-state index in [0.717, 1.165) is 19.4 Å². The lowest BCUT2D eigenvalue weighted by atomic mass is 9.91. The van der Waals surface area contributed by atoms with Crippen LogP contribution in [0.3, 0.4) is 0 Å². The fourth-order valence-electron chi connectivity index (χ4n) is 2.92. The van der Waals surface area contributed by atoms with Gasteiger partial charge in [-0.3, -0.25) is 4.98 Å². The molecule has 1 aromatic rings. The van der Waals surface area contributed by atoms with Crippen LogP contribution in [0.25, 0.3) is 0 Å². The first-order chi connectivity index (χ1) is 10.3. The van der Waals surface area contributed by atoms with E-state index in [0.29, 0.717) is 18.5 Å². The SMILES string of the molecule is CC1CC(CNC(=O)OC(C)(C)C)CCN1c1ccncc1. The number of nitrogens with one attached hydrogen (secondary N) is 1. The Bertz CT molecular complexity index is 484. The first-order valence-electron chi connectivity index (χ1n) is 7.98. The third-order valence-corrected chi connectivity index (χ3v) is 3.91. The predicted octanol–water partition coefficient (Wildman–Crippen LogP) is 3.21. The van der Waals surface area contributed by atoms with Gasteiger partial charge in [-0.25, -0.2) is 4.79 Å². The van der Waals surface area contributed by atoms with E-state index in [9.17, 15) is 4.79 Å². The molecule has 5 heteroatoms. The number of hydrogen-bond donors (Lipinski definition) is 1. The third-order valence-electron chi connectivity index (χ3n) is 3.91. The fourth-order valence-corrected chi connectivity index (χ4v) is 2.92. The highest BCUT2D eigenvalue weighted by Gasteiger charge is 2.26. The van der Waals surface area contributed by atoms with Crippen molar-refractivity contribution < 1.29 is 9.53 Å². The molecule has 1 aliphatic heterocycles. The highest BCUT2D eigenvalue weighted by Crippen LogP contribution is 2.27. The number of alkyl carbamates (subject to hydrolysis) is 1. The van der Waals surface area contributed by atoms with Crippen LogP contribution in [-0.4, -0.2) is 35.8 Å². The summed E-state index contributed by atoms with van der Waals surface area (Å²) in [7, 11) is 0. The van der Waals surface area contributed by atoms with Crippen LogP contribution >= 0.6 is 0 Å². The Morgan fingerprint density at radius 2 is 2.09 bits per heavy atom. The minimum atomic E-state index is -0.442. The minimum Gasteiger partial charge on any atom is -0.444 e. The highest BCUT2D eigenvalue weighted by atomic mass is 16.6. The number of pyridine rings is 1. The van der Waals surface area contributed by atoms with Crippen LogP contribution in [0.1, 0.15) is 40.5 Å². The zero-order chi connectivity index (χ0) is 16.2. The number of carbonyl (C=O) groups is 1. The molecule has 0 bridgehead atoms. The molecule has 1 saturated heterocycles. The second-order valence-corrected chi connectivity index (χ2v) is 7.02. The molecule has 0 spiro atoms. The lowest BCUT2D eigenvalue weighted by Gasteiger charge is -2.39. The van der Waals surface area contributed by atoms with Crippen molar-refractivity contribution in [2.45, 2.75) is 52.2 Å². The van der Waals surface area contributed by atoms with Gasteiger partial charge in [-0.05, 0) is 58.6 Å². The molecule has 122 valence electrons. The fraction of sp³-hybridized carbons (Fsp3) is 0.647. The lowest BCUT2D eigenvalue weighted by Crippen LogP contribution is -2.44. The van der Waals surface area contributed by atoms with Gasteiger partial charge >= 0.3 is 6.09 Å². The largest absolute Gasteiger partial charge is 0.444 e. The number of nitrogens with zero attached hydrogens (tertiary/aromatic N) is 2. The van der Waals surface area contributed by atoms with Gasteiger partial charge in [-0.15, -0.1) is 0 Å². The molecule has 2 unspecified atom stereocenters. The van der Waals surface area contributed by atoms with Crippen molar-refractivity contribution in [2.24, 2.45) is 5.92 Å². The predicted molar refractivity (Wildman–Crippen MR) is 88.0 cm³/mol. The molecular weight excluding hydrogens is 278 g/mol. The van der Waals surface area contributed by atoms with Gasteiger partial charge < -0.3 is 15.0 Å². The van der Waals surface area contributed by atoms with E-state index in [1.807, 2.05) is 33.2 Å². The van der Waals surface area contributed by atoms with Crippen LogP contribution in [0.5, 0.6) is 0 Å². The normalized spacial score (nSPS) is 22.3. The Morgan fingerprint density at radius 1 is 1.41 bits per heavy atom. The maximum absolute atomic E-state index is 11.7. The number of rotatable bonds is 3. The summed E-state index contributed by atoms with van der Waals surface area (Å²) in [5.41, 5.74) is 0.781. The summed E-state index contributed by atoms with van der Waals surface area (Å²) < 4.78 is 5.28. The highest BCUT2D eigenvalue weighted by molar-refractivity contribution is 5.67. The third kappa shape index (κ3) is 4.90. The monoisotopic (exact) mass is 305 g/mol. The quantitative estimate of drug-likeness (QED) is 0.931. The standard InChI is InChI=1S/C17H27N3O2/c1-13-11-14(12-19-16(21)22-17(2,3)4)7-10-20(13)15-5-8-18-9-6-15/h5-6,8-9,13-14H,7,10-12H2,1-4H3,(H,19,21). The van der Waals surface area contributed by atoms with E-state index in [2.05, 4.69) is 34.3 Å². The molecule has 5 nitrogen and oxygen atoms in total. The molecule has 0 aliphatic carbocycles. The second-order valence-electron chi connectivity index (χ2n) is 7.02. The van der Waals surface area contributed by atoms with Crippen molar-refractivity contribution in [3.8, 4) is 0 Å². The Balaban J connectivity index is 1.80. The molecular formula is C17H27N3O2. The number of hydrogen-bond acceptors (Lipinski definition) is 4. The van der Waals surface area contributed by atoms with Gasteiger partial charge in [0.05, 0.1) is 0 Å². The molecule has 0 aromatic carbocycles. The molecule has 1 amide bonds. The summed E-state index contributed by atoms with van der Waals surface area (Å²) in [4.78, 5) is 18.2. The van der Waals surface area contributed by atoms with Crippen molar-refractivity contribution in [2.75, 3.05) is 18.0 Å². The summed E-state index contributed by atoms with van der Waals surface area (Å²) in [6.07, 6.45) is 5.48. The van der Waals surface area contributed by atoms with Gasteiger partial charge in [-0.1, -0.05) is 0 Å². The number of anilines is 1. The molecule has 1 fully saturated rings. The van der Waals surface area contributed by atoms with Crippen LogP contribution in [0.2, 0.25) is 0 Å². The molecule has 2 heterocycles. The van der Waals surface area contributed by atoms with Crippen LogP contribution in [0, 0.1) is 5.92 Å². The van der Waals surface area contributed by atoms with E-state index < -0.39 is 5.60 Å². The van der Waals surface area contributed by atoms with E-state index >= 15 is 0 Å². The molecule has 0 radical (unpaired) electrons. The zero-order valence-corrected chi connectivity index (χ0v) is 14.0. The molecule has 0 saturated carbocycles. The van der Waals surface area contributed by atoms with Crippen molar-refractivity contribution in [1.82, 2.24) is 10.3 Å². The molecule has 22 heavy (non-hydrogen) atoms. The zero-order valence-electron chi connectivity index (χ0n) is 14.0. The van der Waals surface area contributed by atoms with Gasteiger partial charge in [0.1, 0.15) is 5.60 Å². The molecule has 2 rings (SSSR count). The summed E-state index contributed by atoms with van der Waals surface area (Å²) in [5.74, 6) is 0.501. The number of aromatic nitrogens is 1. The topological polar surface area (TPSA) is 54.5 Å². The van der Waals surface area contributed by atoms with E-state index in [4.69, 9.17) is 4.74 Å². The Kier molecular flexibility index (Phi) is 5.27. The maximum Gasteiger partial charge on any atom is 0.407 e. The first kappa shape index (κ1) is 16.6. The average molecular weight is 305 g/mol. The molecule has 1 aromatic heterocycles. The van der Waals surface area contributed by atoms with Crippen molar-refractivity contribution >= 4 is 11.8 Å². The van der Waals surface area contributed by atoms with Gasteiger partial charge in [0.25, 0.3) is 0 Å². The van der Waals surface area contributed by atoms with Crippen molar-refractivity contribution in [3.05, 3.63) is 24.5 Å². The van der Waals surface area contributed by atoms with Crippen molar-refractivity contribution in [1.29, 1.82) is 0 Å². The molecule has 1 aliphatic rings. The smallest absolute Gasteiger partial charge is 0.407 e. The van der Waals surface area contributed by atoms with Gasteiger partial charge in [0.15, 0.2) is 0 Å². The summed E-state index contributed by atoms with van der Waals surface area (Å²) in [6.45, 7) is 9.56. The first-order valence-corrected chi connectivity index (χ1v) is 7.98. The summed E-state index contributed by atoms with van der Waals surface area (Å²) in [6, 6.07) is 4.56. The second kappa shape index (κ2) is 6.99. The minimum absolute atomic E-state index is 0.322. The Labute approximate surface area is 133 Å². The Morgan fingerprint density at radius 3 is 2.68 bits per heavy atom. The summed E-state index contributed by atoms with van der Waals surface area (Å²) in [5, 5.41) is 2.89. The summed E-state index contributed by atoms with van der Waals surface area (Å²) >= 11 is 0. The van der Waals surface area contributed by atoms with Crippen LogP contribution < -0.4 is 10.2 Å². The van der Waals surface area contributed by atoms with Crippen LogP contribution in [-0.2, 0) is 4.74 Å². The maximum atomic E-state index is 11.7. The van der Waals surface area contributed by atoms with Crippen molar-refractivity contribution in [3.63, 3.8) is 0 Å². The van der Waals surface area contributed by atoms with E-state index in [1.54, 1.807) is 0 Å². The van der Waals surface area contributed by atoms with Gasteiger partial charge in [-0.2, -0.15) is 0 Å². The van der Waals surface area contributed by atoms with Crippen LogP contribution in [0.4, 0.5) is 10.5 Å². The number of amides is 1. The van der Waals surface area contributed by atoms with E-state index in [-0.39, 0.29) is 6.09 Å². The molecule has 1 N–H and O–H groups in total. The van der Waals surface area contributed by atoms with Gasteiger partial charge in [0, 0.05) is 37.2 Å². The lowest BCUT2D eigenvalue weighted by molar-refractivity contribution is 0.0515. The van der Waals surface area contributed by atoms with Gasteiger partial charge in [0.2, 0.25) is 0 Å². The Hall–Kier alpha value is -1.78. The molecule has 2 atom stereocenters. The number of carbonyl (C=O) groups excluding carboxylic acids is 1. The number of piperidine rings is 1. The number of ether oxygens (including phenoxy) is 1.